The fourth-order valence-corrected chi connectivity index (χ4v) is 2.76. The Labute approximate surface area is 121 Å². The summed E-state index contributed by atoms with van der Waals surface area (Å²) in [7, 11) is 0. The lowest BCUT2D eigenvalue weighted by Crippen LogP contribution is -2.38. The number of carbonyl (C=O) groups excluding carboxylic acids is 1. The number of amides is 1. The topological polar surface area (TPSA) is 75.6 Å². The monoisotopic (exact) mass is 285 g/mol. The van der Waals surface area contributed by atoms with E-state index in [1.807, 2.05) is 20.8 Å². The molecule has 1 rings (SSSR count). The molecule has 1 aliphatic rings. The third kappa shape index (κ3) is 6.78. The van der Waals surface area contributed by atoms with Crippen molar-refractivity contribution in [2.45, 2.75) is 64.9 Å². The molecular weight excluding hydrogens is 258 g/mol. The van der Waals surface area contributed by atoms with Crippen LogP contribution in [0.4, 0.5) is 4.79 Å². The Morgan fingerprint density at radius 3 is 2.35 bits per heavy atom. The Balaban J connectivity index is 2.47. The molecule has 0 heterocycles. The van der Waals surface area contributed by atoms with Crippen LogP contribution < -0.4 is 5.32 Å². The van der Waals surface area contributed by atoms with Crippen molar-refractivity contribution in [1.82, 2.24) is 5.32 Å². The lowest BCUT2D eigenvalue weighted by atomic mass is 9.78. The van der Waals surface area contributed by atoms with Crippen LogP contribution in [0.2, 0.25) is 0 Å². The van der Waals surface area contributed by atoms with E-state index in [-0.39, 0.29) is 12.3 Å². The molecule has 1 saturated carbocycles. The summed E-state index contributed by atoms with van der Waals surface area (Å²) < 4.78 is 5.18. The average Bonchev–Trinajstić information content (AvgIpc) is 2.33. The van der Waals surface area contributed by atoms with Gasteiger partial charge >= 0.3 is 12.1 Å². The standard InChI is InChI=1S/C15H27NO4/c1-15(2,3)20-14(19)16-10-12(9-13(17)18)11-7-5-4-6-8-11/h11-12H,4-10H2,1-3H3,(H,16,19)(H,17,18). The van der Waals surface area contributed by atoms with Gasteiger partial charge in [-0.1, -0.05) is 32.1 Å². The number of carbonyl (C=O) groups is 2. The SMILES string of the molecule is CC(C)(C)OC(=O)NCC(CC(=O)O)C1CCCCC1. The van der Waals surface area contributed by atoms with Gasteiger partial charge in [-0.15, -0.1) is 0 Å². The molecule has 20 heavy (non-hydrogen) atoms. The Morgan fingerprint density at radius 2 is 1.85 bits per heavy atom. The Bertz CT molecular complexity index is 329. The van der Waals surface area contributed by atoms with Crippen LogP contribution in [0.3, 0.4) is 0 Å². The third-order valence-corrected chi connectivity index (χ3v) is 3.66. The van der Waals surface area contributed by atoms with Gasteiger partial charge < -0.3 is 15.2 Å². The molecule has 0 saturated heterocycles. The van der Waals surface area contributed by atoms with E-state index in [9.17, 15) is 9.59 Å². The number of carboxylic acid groups (broad SMARTS) is 1. The molecule has 0 aromatic rings. The largest absolute Gasteiger partial charge is 0.481 e. The van der Waals surface area contributed by atoms with Gasteiger partial charge in [0.2, 0.25) is 0 Å². The molecule has 0 bridgehead atoms. The maximum atomic E-state index is 11.7. The van der Waals surface area contributed by atoms with Gasteiger partial charge in [0.1, 0.15) is 5.60 Å². The summed E-state index contributed by atoms with van der Waals surface area (Å²) in [6.07, 6.45) is 5.32. The molecule has 0 spiro atoms. The molecule has 0 aromatic heterocycles. The molecule has 1 fully saturated rings. The molecule has 0 aromatic carbocycles. The van der Waals surface area contributed by atoms with E-state index in [1.54, 1.807) is 0 Å². The minimum absolute atomic E-state index is 0.000295. The number of hydrogen-bond acceptors (Lipinski definition) is 3. The van der Waals surface area contributed by atoms with Crippen molar-refractivity contribution in [3.8, 4) is 0 Å². The number of carboxylic acids is 1. The van der Waals surface area contributed by atoms with Gasteiger partial charge in [0.15, 0.2) is 0 Å². The van der Waals surface area contributed by atoms with Gasteiger partial charge in [0.25, 0.3) is 0 Å². The van der Waals surface area contributed by atoms with Crippen LogP contribution in [0.15, 0.2) is 0 Å². The molecular formula is C15H27NO4. The zero-order valence-corrected chi connectivity index (χ0v) is 12.8. The van der Waals surface area contributed by atoms with Crippen LogP contribution in [0.1, 0.15) is 59.3 Å². The van der Waals surface area contributed by atoms with Crippen molar-refractivity contribution >= 4 is 12.1 Å². The second-order valence-electron chi connectivity index (χ2n) is 6.64. The van der Waals surface area contributed by atoms with Crippen LogP contribution in [0.5, 0.6) is 0 Å². The van der Waals surface area contributed by atoms with Crippen molar-refractivity contribution in [3.05, 3.63) is 0 Å². The van der Waals surface area contributed by atoms with Gasteiger partial charge in [-0.05, 0) is 32.6 Å². The molecule has 5 nitrogen and oxygen atoms in total. The van der Waals surface area contributed by atoms with E-state index in [2.05, 4.69) is 5.32 Å². The third-order valence-electron chi connectivity index (χ3n) is 3.66. The quantitative estimate of drug-likeness (QED) is 0.813. The van der Waals surface area contributed by atoms with E-state index < -0.39 is 17.7 Å². The number of nitrogens with one attached hydrogen (secondary N) is 1. The molecule has 0 radical (unpaired) electrons. The highest BCUT2D eigenvalue weighted by atomic mass is 16.6. The molecule has 5 heteroatoms. The van der Waals surface area contributed by atoms with E-state index >= 15 is 0 Å². The van der Waals surface area contributed by atoms with Gasteiger partial charge in [-0.3, -0.25) is 4.79 Å². The number of ether oxygens (including phenoxy) is 1. The van der Waals surface area contributed by atoms with Crippen molar-refractivity contribution in [3.63, 3.8) is 0 Å². The zero-order valence-electron chi connectivity index (χ0n) is 12.8. The summed E-state index contributed by atoms with van der Waals surface area (Å²) >= 11 is 0. The first kappa shape index (κ1) is 16.8. The number of hydrogen-bond donors (Lipinski definition) is 2. The number of alkyl carbamates (subject to hydrolysis) is 1. The molecule has 1 unspecified atom stereocenters. The van der Waals surface area contributed by atoms with Gasteiger partial charge in [0, 0.05) is 6.54 Å². The van der Waals surface area contributed by atoms with E-state index in [0.29, 0.717) is 12.5 Å². The van der Waals surface area contributed by atoms with Gasteiger partial charge in [-0.2, -0.15) is 0 Å². The summed E-state index contributed by atoms with van der Waals surface area (Å²) in [5.41, 5.74) is -0.531. The molecule has 1 amide bonds. The van der Waals surface area contributed by atoms with Crippen molar-refractivity contribution in [2.75, 3.05) is 6.54 Å². The smallest absolute Gasteiger partial charge is 0.407 e. The number of rotatable bonds is 5. The van der Waals surface area contributed by atoms with Crippen LogP contribution >= 0.6 is 0 Å². The highest BCUT2D eigenvalue weighted by Gasteiger charge is 2.26. The van der Waals surface area contributed by atoms with Gasteiger partial charge in [-0.25, -0.2) is 4.79 Å². The lowest BCUT2D eigenvalue weighted by Gasteiger charge is -2.30. The maximum absolute atomic E-state index is 11.7. The Hall–Kier alpha value is -1.26. The summed E-state index contributed by atoms with van der Waals surface area (Å²) in [5.74, 6) is -0.401. The summed E-state index contributed by atoms with van der Waals surface area (Å²) in [6, 6.07) is 0. The predicted molar refractivity (Wildman–Crippen MR) is 76.6 cm³/mol. The maximum Gasteiger partial charge on any atom is 0.407 e. The van der Waals surface area contributed by atoms with E-state index in [0.717, 1.165) is 25.7 Å². The van der Waals surface area contributed by atoms with Gasteiger partial charge in [0.05, 0.1) is 6.42 Å². The van der Waals surface area contributed by atoms with Crippen molar-refractivity contribution in [1.29, 1.82) is 0 Å². The molecule has 1 atom stereocenters. The minimum Gasteiger partial charge on any atom is -0.481 e. The molecule has 0 aliphatic heterocycles. The van der Waals surface area contributed by atoms with Crippen LogP contribution in [0.25, 0.3) is 0 Å². The second kappa shape index (κ2) is 7.50. The molecule has 1 aliphatic carbocycles. The summed E-state index contributed by atoms with van der Waals surface area (Å²) in [5, 5.41) is 11.7. The van der Waals surface area contributed by atoms with E-state index in [4.69, 9.17) is 9.84 Å². The first-order valence-electron chi connectivity index (χ1n) is 7.46. The first-order valence-corrected chi connectivity index (χ1v) is 7.46. The fraction of sp³-hybridized carbons (Fsp3) is 0.867. The molecule has 116 valence electrons. The van der Waals surface area contributed by atoms with Crippen LogP contribution in [-0.2, 0) is 9.53 Å². The van der Waals surface area contributed by atoms with Crippen LogP contribution in [-0.4, -0.2) is 29.3 Å². The highest BCUT2D eigenvalue weighted by molar-refractivity contribution is 5.69. The fourth-order valence-electron chi connectivity index (χ4n) is 2.76. The predicted octanol–water partition coefficient (Wildman–Crippen LogP) is 3.18. The van der Waals surface area contributed by atoms with Crippen molar-refractivity contribution < 1.29 is 19.4 Å². The average molecular weight is 285 g/mol. The van der Waals surface area contributed by atoms with Crippen LogP contribution in [0, 0.1) is 11.8 Å². The number of aliphatic carboxylic acids is 1. The second-order valence-corrected chi connectivity index (χ2v) is 6.64. The first-order chi connectivity index (χ1) is 9.28. The Morgan fingerprint density at radius 1 is 1.25 bits per heavy atom. The minimum atomic E-state index is -0.799. The summed E-state index contributed by atoms with van der Waals surface area (Å²) in [6.45, 7) is 5.80. The summed E-state index contributed by atoms with van der Waals surface area (Å²) in [4.78, 5) is 22.6. The molecule has 2 N–H and O–H groups in total. The van der Waals surface area contributed by atoms with E-state index in [1.165, 1.54) is 6.42 Å². The highest BCUT2D eigenvalue weighted by Crippen LogP contribution is 2.31. The Kier molecular flexibility index (Phi) is 6.30. The van der Waals surface area contributed by atoms with Crippen molar-refractivity contribution in [2.24, 2.45) is 11.8 Å². The normalized spacial score (nSPS) is 18.4. The lowest BCUT2D eigenvalue weighted by molar-refractivity contribution is -0.138. The zero-order chi connectivity index (χ0) is 15.2.